The van der Waals surface area contributed by atoms with Gasteiger partial charge >= 0.3 is 0 Å². The molecule has 2 N–H and O–H groups in total. The Kier molecular flexibility index (Phi) is 5.36. The smallest absolute Gasteiger partial charge is 0.105 e. The van der Waals surface area contributed by atoms with Crippen LogP contribution in [0.1, 0.15) is 40.3 Å². The lowest BCUT2D eigenvalue weighted by Crippen LogP contribution is -2.21. The van der Waals surface area contributed by atoms with Crippen LogP contribution in [0.4, 0.5) is 0 Å². The monoisotopic (exact) mass is 263 g/mol. The van der Waals surface area contributed by atoms with Gasteiger partial charge < -0.3 is 10.2 Å². The number of aliphatic hydroxyl groups is 2. The number of rotatable bonds is 5. The van der Waals surface area contributed by atoms with Crippen LogP contribution in [-0.2, 0) is 0 Å². The Morgan fingerprint density at radius 3 is 2.16 bits per heavy atom. The lowest BCUT2D eigenvalue weighted by molar-refractivity contribution is 0.0142. The molecule has 1 aromatic rings. The Morgan fingerprint density at radius 1 is 1.16 bits per heavy atom. The average Bonchev–Trinajstić information content (AvgIpc) is 2.36. The zero-order chi connectivity index (χ0) is 14.6. The minimum Gasteiger partial charge on any atom is -0.390 e. The molecule has 5 heteroatoms. The Labute approximate surface area is 113 Å². The molecule has 0 saturated heterocycles. The van der Waals surface area contributed by atoms with Crippen molar-refractivity contribution in [3.05, 3.63) is 44.3 Å². The normalized spacial score (nSPS) is 13.8. The first-order chi connectivity index (χ1) is 8.90. The number of benzene rings is 1. The SMILES string of the molecule is Cc1cc(C)c(C)c(C(O)C(O)CCN=[N+]=[N-])c1C. The fourth-order valence-corrected chi connectivity index (χ4v) is 2.28. The fraction of sp³-hybridized carbons (Fsp3) is 0.571. The van der Waals surface area contributed by atoms with Gasteiger partial charge in [0, 0.05) is 11.5 Å². The number of hydrogen-bond acceptors (Lipinski definition) is 3. The van der Waals surface area contributed by atoms with Crippen molar-refractivity contribution in [3.8, 4) is 0 Å². The molecule has 0 saturated carbocycles. The van der Waals surface area contributed by atoms with Gasteiger partial charge in [-0.3, -0.25) is 0 Å². The first-order valence-corrected chi connectivity index (χ1v) is 6.34. The van der Waals surface area contributed by atoms with Crippen LogP contribution in [0.2, 0.25) is 0 Å². The Hall–Kier alpha value is -1.55. The zero-order valence-corrected chi connectivity index (χ0v) is 11.9. The first kappa shape index (κ1) is 15.5. The van der Waals surface area contributed by atoms with Crippen molar-refractivity contribution in [2.45, 2.75) is 46.3 Å². The number of aryl methyl sites for hydroxylation is 2. The molecule has 0 radical (unpaired) electrons. The van der Waals surface area contributed by atoms with Gasteiger partial charge in [0.2, 0.25) is 0 Å². The maximum Gasteiger partial charge on any atom is 0.105 e. The lowest BCUT2D eigenvalue weighted by Gasteiger charge is -2.23. The van der Waals surface area contributed by atoms with Crippen molar-refractivity contribution in [2.75, 3.05) is 6.54 Å². The van der Waals surface area contributed by atoms with Gasteiger partial charge in [-0.2, -0.15) is 0 Å². The number of hydrogen-bond donors (Lipinski definition) is 2. The second-order valence-electron chi connectivity index (χ2n) is 4.93. The molecule has 0 aliphatic heterocycles. The van der Waals surface area contributed by atoms with Crippen LogP contribution in [0, 0.1) is 27.7 Å². The summed E-state index contributed by atoms with van der Waals surface area (Å²) in [5, 5.41) is 23.7. The van der Waals surface area contributed by atoms with E-state index in [0.29, 0.717) is 0 Å². The summed E-state index contributed by atoms with van der Waals surface area (Å²) in [7, 11) is 0. The molecule has 1 rings (SSSR count). The summed E-state index contributed by atoms with van der Waals surface area (Å²) < 4.78 is 0. The molecule has 0 heterocycles. The van der Waals surface area contributed by atoms with Crippen LogP contribution in [0.25, 0.3) is 10.4 Å². The molecule has 1 aromatic carbocycles. The van der Waals surface area contributed by atoms with Gasteiger partial charge in [0.05, 0.1) is 6.10 Å². The van der Waals surface area contributed by atoms with E-state index < -0.39 is 12.2 Å². The second-order valence-corrected chi connectivity index (χ2v) is 4.93. The second kappa shape index (κ2) is 6.57. The first-order valence-electron chi connectivity index (χ1n) is 6.34. The number of nitrogens with zero attached hydrogens (tertiary/aromatic N) is 3. The van der Waals surface area contributed by atoms with Crippen molar-refractivity contribution in [1.82, 2.24) is 0 Å². The predicted octanol–water partition coefficient (Wildman–Crippen LogP) is 3.01. The van der Waals surface area contributed by atoms with E-state index in [1.165, 1.54) is 0 Å². The summed E-state index contributed by atoms with van der Waals surface area (Å²) in [5.74, 6) is 0. The van der Waals surface area contributed by atoms with E-state index >= 15 is 0 Å². The highest BCUT2D eigenvalue weighted by atomic mass is 16.3. The molecule has 0 amide bonds. The third-order valence-electron chi connectivity index (χ3n) is 3.67. The Balaban J connectivity index is 3.05. The Morgan fingerprint density at radius 2 is 1.68 bits per heavy atom. The topological polar surface area (TPSA) is 89.2 Å². The summed E-state index contributed by atoms with van der Waals surface area (Å²) in [6.07, 6.45) is -1.63. The van der Waals surface area contributed by atoms with Crippen molar-refractivity contribution in [1.29, 1.82) is 0 Å². The predicted molar refractivity (Wildman–Crippen MR) is 75.0 cm³/mol. The maximum atomic E-state index is 10.3. The molecule has 0 aromatic heterocycles. The van der Waals surface area contributed by atoms with E-state index in [4.69, 9.17) is 5.53 Å². The zero-order valence-electron chi connectivity index (χ0n) is 11.9. The van der Waals surface area contributed by atoms with Crippen LogP contribution in [0.3, 0.4) is 0 Å². The largest absolute Gasteiger partial charge is 0.390 e. The standard InChI is InChI=1S/C14H21N3O2/c1-8-7-9(2)11(4)13(10(8)3)14(19)12(18)5-6-16-17-15/h7,12,14,18-19H,5-6H2,1-4H3. The molecule has 0 fully saturated rings. The molecule has 0 aliphatic rings. The van der Waals surface area contributed by atoms with E-state index in [1.807, 2.05) is 27.7 Å². The summed E-state index contributed by atoms with van der Waals surface area (Å²) in [5.41, 5.74) is 13.2. The van der Waals surface area contributed by atoms with Gasteiger partial charge in [0.1, 0.15) is 6.10 Å². The quantitative estimate of drug-likeness (QED) is 0.485. The molecule has 5 nitrogen and oxygen atoms in total. The van der Waals surface area contributed by atoms with Crippen molar-refractivity contribution in [3.63, 3.8) is 0 Å². The minimum absolute atomic E-state index is 0.178. The molecule has 0 bridgehead atoms. The van der Waals surface area contributed by atoms with Gasteiger partial charge in [-0.05, 0) is 67.5 Å². The van der Waals surface area contributed by atoms with E-state index in [1.54, 1.807) is 0 Å². The highest BCUT2D eigenvalue weighted by Gasteiger charge is 2.23. The summed E-state index contributed by atoms with van der Waals surface area (Å²) in [6.45, 7) is 8.05. The van der Waals surface area contributed by atoms with Crippen LogP contribution in [0.5, 0.6) is 0 Å². The highest BCUT2D eigenvalue weighted by molar-refractivity contribution is 5.45. The van der Waals surface area contributed by atoms with Gasteiger partial charge in [0.15, 0.2) is 0 Å². The molecule has 19 heavy (non-hydrogen) atoms. The molecular weight excluding hydrogens is 242 g/mol. The van der Waals surface area contributed by atoms with Crippen molar-refractivity contribution >= 4 is 0 Å². The van der Waals surface area contributed by atoms with E-state index in [0.717, 1.165) is 27.8 Å². The van der Waals surface area contributed by atoms with Gasteiger partial charge in [0.25, 0.3) is 0 Å². The third-order valence-corrected chi connectivity index (χ3v) is 3.67. The third kappa shape index (κ3) is 3.47. The molecule has 2 unspecified atom stereocenters. The number of azide groups is 1. The van der Waals surface area contributed by atoms with Crippen LogP contribution in [0.15, 0.2) is 11.2 Å². The van der Waals surface area contributed by atoms with Crippen molar-refractivity contribution < 1.29 is 10.2 Å². The summed E-state index contributed by atoms with van der Waals surface area (Å²) in [4.78, 5) is 2.64. The summed E-state index contributed by atoms with van der Waals surface area (Å²) >= 11 is 0. The summed E-state index contributed by atoms with van der Waals surface area (Å²) in [6, 6.07) is 2.08. The lowest BCUT2D eigenvalue weighted by atomic mass is 9.88. The van der Waals surface area contributed by atoms with E-state index in [-0.39, 0.29) is 13.0 Å². The molecule has 104 valence electrons. The highest BCUT2D eigenvalue weighted by Crippen LogP contribution is 2.30. The molecular formula is C14H21N3O2. The molecule has 0 aliphatic carbocycles. The van der Waals surface area contributed by atoms with Crippen LogP contribution >= 0.6 is 0 Å². The average molecular weight is 263 g/mol. The Bertz CT molecular complexity index is 482. The van der Waals surface area contributed by atoms with Crippen LogP contribution < -0.4 is 0 Å². The van der Waals surface area contributed by atoms with E-state index in [2.05, 4.69) is 16.1 Å². The number of aliphatic hydroxyl groups excluding tert-OH is 2. The van der Waals surface area contributed by atoms with Gasteiger partial charge in [-0.15, -0.1) is 0 Å². The minimum atomic E-state index is -0.951. The molecule has 2 atom stereocenters. The van der Waals surface area contributed by atoms with E-state index in [9.17, 15) is 10.2 Å². The fourth-order valence-electron chi connectivity index (χ4n) is 2.28. The molecule has 0 spiro atoms. The van der Waals surface area contributed by atoms with Crippen LogP contribution in [-0.4, -0.2) is 22.9 Å². The van der Waals surface area contributed by atoms with Crippen molar-refractivity contribution in [2.24, 2.45) is 5.11 Å². The van der Waals surface area contributed by atoms with Gasteiger partial charge in [-0.1, -0.05) is 11.2 Å². The van der Waals surface area contributed by atoms with Gasteiger partial charge in [-0.25, -0.2) is 0 Å². The maximum absolute atomic E-state index is 10.3.